The van der Waals surface area contributed by atoms with E-state index in [0.717, 1.165) is 24.8 Å². The highest BCUT2D eigenvalue weighted by Crippen LogP contribution is 2.34. The van der Waals surface area contributed by atoms with Crippen LogP contribution < -0.4 is 4.74 Å². The summed E-state index contributed by atoms with van der Waals surface area (Å²) in [5, 5.41) is 11.3. The predicted molar refractivity (Wildman–Crippen MR) is 83.4 cm³/mol. The fourth-order valence-corrected chi connectivity index (χ4v) is 2.94. The fraction of sp³-hybridized carbons (Fsp3) is 0.562. The third-order valence-corrected chi connectivity index (χ3v) is 4.23. The van der Waals surface area contributed by atoms with Gasteiger partial charge < -0.3 is 9.64 Å². The van der Waals surface area contributed by atoms with Crippen molar-refractivity contribution in [2.24, 2.45) is 0 Å². The molecule has 0 aromatic heterocycles. The van der Waals surface area contributed by atoms with Gasteiger partial charge in [0.25, 0.3) is 5.91 Å². The summed E-state index contributed by atoms with van der Waals surface area (Å²) in [5.74, 6) is -0.118. The Balaban J connectivity index is 2.50. The average molecular weight is 306 g/mol. The third kappa shape index (κ3) is 3.05. The van der Waals surface area contributed by atoms with Crippen molar-refractivity contribution in [1.82, 2.24) is 4.90 Å². The van der Waals surface area contributed by atoms with Gasteiger partial charge in [0.15, 0.2) is 0 Å². The summed E-state index contributed by atoms with van der Waals surface area (Å²) in [5.41, 5.74) is 0.915. The Labute approximate surface area is 130 Å². The van der Waals surface area contributed by atoms with Crippen LogP contribution in [0.5, 0.6) is 5.75 Å². The first-order valence-corrected chi connectivity index (χ1v) is 7.65. The van der Waals surface area contributed by atoms with Crippen molar-refractivity contribution in [3.63, 3.8) is 0 Å². The minimum Gasteiger partial charge on any atom is -0.490 e. The van der Waals surface area contributed by atoms with Gasteiger partial charge in [0.05, 0.1) is 17.6 Å². The molecule has 1 saturated heterocycles. The maximum atomic E-state index is 12.9. The second-order valence-corrected chi connectivity index (χ2v) is 5.65. The number of aryl methyl sites for hydroxylation is 1. The van der Waals surface area contributed by atoms with E-state index in [0.29, 0.717) is 18.5 Å². The van der Waals surface area contributed by atoms with Crippen molar-refractivity contribution in [2.45, 2.75) is 45.6 Å². The van der Waals surface area contributed by atoms with Gasteiger partial charge >= 0.3 is 5.69 Å². The molecular formula is C16H22N2O4. The van der Waals surface area contributed by atoms with Gasteiger partial charge in [-0.15, -0.1) is 0 Å². The second-order valence-electron chi connectivity index (χ2n) is 5.65. The van der Waals surface area contributed by atoms with E-state index in [9.17, 15) is 14.9 Å². The zero-order chi connectivity index (χ0) is 16.3. The number of methoxy groups -OCH3 is 1. The summed E-state index contributed by atoms with van der Waals surface area (Å²) in [4.78, 5) is 25.4. The van der Waals surface area contributed by atoms with E-state index >= 15 is 0 Å². The van der Waals surface area contributed by atoms with Crippen molar-refractivity contribution >= 4 is 11.6 Å². The molecule has 0 radical (unpaired) electrons. The number of amides is 1. The number of hydrogen-bond acceptors (Lipinski definition) is 4. The minimum atomic E-state index is -0.492. The molecule has 1 aromatic rings. The topological polar surface area (TPSA) is 72.7 Å². The molecule has 1 heterocycles. The molecule has 0 aliphatic carbocycles. The third-order valence-electron chi connectivity index (χ3n) is 4.23. The molecule has 6 nitrogen and oxygen atoms in total. The van der Waals surface area contributed by atoms with Gasteiger partial charge in [0.1, 0.15) is 0 Å². The first kappa shape index (κ1) is 16.3. The lowest BCUT2D eigenvalue weighted by Gasteiger charge is -2.33. The van der Waals surface area contributed by atoms with Gasteiger partial charge in [0, 0.05) is 18.7 Å². The van der Waals surface area contributed by atoms with Crippen molar-refractivity contribution in [1.29, 1.82) is 0 Å². The Morgan fingerprint density at radius 1 is 1.45 bits per heavy atom. The van der Waals surface area contributed by atoms with Crippen molar-refractivity contribution < 1.29 is 14.5 Å². The molecule has 2 rings (SSSR count). The number of ether oxygens (including phenoxy) is 1. The van der Waals surface area contributed by atoms with E-state index < -0.39 is 4.92 Å². The number of benzene rings is 1. The summed E-state index contributed by atoms with van der Waals surface area (Å²) in [6.07, 6.45) is 3.66. The second kappa shape index (κ2) is 6.77. The van der Waals surface area contributed by atoms with Gasteiger partial charge in [-0.1, -0.05) is 6.92 Å². The molecule has 1 atom stereocenters. The highest BCUT2D eigenvalue weighted by molar-refractivity contribution is 5.98. The molecule has 0 bridgehead atoms. The van der Waals surface area contributed by atoms with Crippen LogP contribution >= 0.6 is 0 Å². The van der Waals surface area contributed by atoms with Gasteiger partial charge in [-0.05, 0) is 44.2 Å². The average Bonchev–Trinajstić information content (AvgIpc) is 2.53. The molecular weight excluding hydrogens is 284 g/mol. The monoisotopic (exact) mass is 306 g/mol. The van der Waals surface area contributed by atoms with Crippen molar-refractivity contribution in [3.8, 4) is 5.75 Å². The van der Waals surface area contributed by atoms with Crippen molar-refractivity contribution in [2.75, 3.05) is 13.7 Å². The Bertz CT molecular complexity index is 586. The Kier molecular flexibility index (Phi) is 5.00. The van der Waals surface area contributed by atoms with E-state index in [-0.39, 0.29) is 23.4 Å². The molecule has 1 aromatic carbocycles. The zero-order valence-corrected chi connectivity index (χ0v) is 13.3. The van der Waals surface area contributed by atoms with Crippen LogP contribution in [0.15, 0.2) is 12.1 Å². The first-order valence-electron chi connectivity index (χ1n) is 7.65. The van der Waals surface area contributed by atoms with Crippen LogP contribution in [0.4, 0.5) is 5.69 Å². The zero-order valence-electron chi connectivity index (χ0n) is 13.3. The Morgan fingerprint density at radius 2 is 2.18 bits per heavy atom. The normalized spacial score (nSPS) is 18.1. The number of carbonyl (C=O) groups is 1. The summed E-state index contributed by atoms with van der Waals surface area (Å²) in [6.45, 7) is 4.61. The highest BCUT2D eigenvalue weighted by Gasteiger charge is 2.30. The number of piperidine rings is 1. The lowest BCUT2D eigenvalue weighted by atomic mass is 10.00. The van der Waals surface area contributed by atoms with Crippen LogP contribution in [-0.4, -0.2) is 35.4 Å². The number of likely N-dealkylation sites (tertiary alicyclic amines) is 1. The fourth-order valence-electron chi connectivity index (χ4n) is 2.94. The number of hydrogen-bond donors (Lipinski definition) is 0. The van der Waals surface area contributed by atoms with E-state index in [4.69, 9.17) is 4.74 Å². The van der Waals surface area contributed by atoms with E-state index in [1.54, 1.807) is 11.0 Å². The van der Waals surface area contributed by atoms with Crippen LogP contribution in [0, 0.1) is 10.1 Å². The molecule has 120 valence electrons. The molecule has 1 amide bonds. The van der Waals surface area contributed by atoms with Gasteiger partial charge in [0.2, 0.25) is 5.75 Å². The van der Waals surface area contributed by atoms with Crippen molar-refractivity contribution in [3.05, 3.63) is 33.4 Å². The van der Waals surface area contributed by atoms with E-state index in [1.807, 2.05) is 13.8 Å². The van der Waals surface area contributed by atoms with Crippen LogP contribution in [0.25, 0.3) is 0 Å². The minimum absolute atomic E-state index is 0.0602. The predicted octanol–water partition coefficient (Wildman–Crippen LogP) is 3.18. The van der Waals surface area contributed by atoms with Gasteiger partial charge in [-0.3, -0.25) is 14.9 Å². The Hall–Kier alpha value is -2.11. The number of nitro groups is 1. The maximum Gasteiger partial charge on any atom is 0.312 e. The SMILES string of the molecule is CCc1cc(C(=O)N2CCCCC2C)c(OC)c([N+](=O)[O-])c1. The summed E-state index contributed by atoms with van der Waals surface area (Å²) in [7, 11) is 1.37. The maximum absolute atomic E-state index is 12.9. The van der Waals surface area contributed by atoms with E-state index in [1.165, 1.54) is 13.2 Å². The largest absolute Gasteiger partial charge is 0.490 e. The van der Waals surface area contributed by atoms with Gasteiger partial charge in [-0.2, -0.15) is 0 Å². The summed E-state index contributed by atoms with van der Waals surface area (Å²) >= 11 is 0. The van der Waals surface area contributed by atoms with Crippen LogP contribution in [0.2, 0.25) is 0 Å². The van der Waals surface area contributed by atoms with Gasteiger partial charge in [-0.25, -0.2) is 0 Å². The smallest absolute Gasteiger partial charge is 0.312 e. The molecule has 1 fully saturated rings. The lowest BCUT2D eigenvalue weighted by molar-refractivity contribution is -0.385. The molecule has 6 heteroatoms. The first-order chi connectivity index (χ1) is 10.5. The number of rotatable bonds is 4. The standard InChI is InChI=1S/C16H22N2O4/c1-4-12-9-13(15(22-3)14(10-12)18(20)21)16(19)17-8-6-5-7-11(17)2/h9-11H,4-8H2,1-3H3. The summed E-state index contributed by atoms with van der Waals surface area (Å²) in [6, 6.07) is 3.35. The molecule has 0 N–H and O–H groups in total. The molecule has 1 aliphatic rings. The lowest BCUT2D eigenvalue weighted by Crippen LogP contribution is -2.42. The number of nitrogens with zero attached hydrogens (tertiary/aromatic N) is 2. The molecule has 1 aliphatic heterocycles. The quantitative estimate of drug-likeness (QED) is 0.632. The van der Waals surface area contributed by atoms with E-state index in [2.05, 4.69) is 0 Å². The van der Waals surface area contributed by atoms with Crippen LogP contribution in [0.3, 0.4) is 0 Å². The summed E-state index contributed by atoms with van der Waals surface area (Å²) < 4.78 is 5.20. The number of carbonyl (C=O) groups excluding carboxylic acids is 1. The molecule has 0 spiro atoms. The van der Waals surface area contributed by atoms with Crippen LogP contribution in [0.1, 0.15) is 49.0 Å². The molecule has 0 saturated carbocycles. The Morgan fingerprint density at radius 3 is 2.73 bits per heavy atom. The molecule has 1 unspecified atom stereocenters. The number of nitro benzene ring substituents is 1. The molecule has 22 heavy (non-hydrogen) atoms. The highest BCUT2D eigenvalue weighted by atomic mass is 16.6. The van der Waals surface area contributed by atoms with Crippen LogP contribution in [-0.2, 0) is 6.42 Å².